The summed E-state index contributed by atoms with van der Waals surface area (Å²) in [7, 11) is 0. The molecule has 0 saturated heterocycles. The van der Waals surface area contributed by atoms with Crippen molar-refractivity contribution in [2.24, 2.45) is 17.8 Å². The minimum atomic E-state index is -0.169. The molecule has 164 valence electrons. The van der Waals surface area contributed by atoms with E-state index in [0.717, 1.165) is 26.5 Å². The number of carbonyl (C=O) groups is 1. The fourth-order valence-corrected chi connectivity index (χ4v) is 9.27. The number of carbonyl (C=O) groups excluding carboxylic acids is 1. The van der Waals surface area contributed by atoms with Gasteiger partial charge in [0.2, 0.25) is 5.91 Å². The van der Waals surface area contributed by atoms with Crippen LogP contribution in [0.25, 0.3) is 0 Å². The Labute approximate surface area is 200 Å². The molecule has 1 amide bonds. The van der Waals surface area contributed by atoms with E-state index in [-0.39, 0.29) is 23.2 Å². The van der Waals surface area contributed by atoms with Gasteiger partial charge in [0.1, 0.15) is 6.54 Å². The van der Waals surface area contributed by atoms with Gasteiger partial charge in [-0.25, -0.2) is 0 Å². The molecule has 2 aliphatic carbocycles. The van der Waals surface area contributed by atoms with E-state index >= 15 is 0 Å². The maximum Gasteiger partial charge on any atom is 0.308 e. The van der Waals surface area contributed by atoms with Gasteiger partial charge in [-0.2, -0.15) is 0 Å². The van der Waals surface area contributed by atoms with Crippen molar-refractivity contribution in [3.8, 4) is 0 Å². The number of anilines is 1. The third-order valence-corrected chi connectivity index (χ3v) is 10.4. The number of rotatable bonds is 4. The molecule has 32 heavy (non-hydrogen) atoms. The topological polar surface area (TPSA) is 51.1 Å². The zero-order valence-electron chi connectivity index (χ0n) is 17.4. The molecule has 2 saturated carbocycles. The highest BCUT2D eigenvalue weighted by Crippen LogP contribution is 2.64. The average molecular weight is 483 g/mol. The van der Waals surface area contributed by atoms with Gasteiger partial charge in [0, 0.05) is 26.8 Å². The van der Waals surface area contributed by atoms with Crippen LogP contribution in [0.4, 0.5) is 5.69 Å². The largest absolute Gasteiger partial charge is 0.325 e. The van der Waals surface area contributed by atoms with Crippen molar-refractivity contribution >= 4 is 46.3 Å². The minimum Gasteiger partial charge on any atom is -0.325 e. The number of thiazole rings is 1. The molecule has 1 aliphatic heterocycles. The molecular formula is C25H23ClN2O2S2. The Bertz CT molecular complexity index is 1220. The van der Waals surface area contributed by atoms with Gasteiger partial charge in [-0.3, -0.25) is 14.2 Å². The maximum absolute atomic E-state index is 13.1. The van der Waals surface area contributed by atoms with Crippen LogP contribution in [0.5, 0.6) is 0 Å². The number of hydrogen-bond acceptors (Lipinski definition) is 4. The number of halogens is 1. The van der Waals surface area contributed by atoms with E-state index in [0.29, 0.717) is 17.1 Å². The van der Waals surface area contributed by atoms with Gasteiger partial charge in [0.25, 0.3) is 0 Å². The van der Waals surface area contributed by atoms with Crippen LogP contribution >= 0.6 is 34.7 Å². The van der Waals surface area contributed by atoms with E-state index in [9.17, 15) is 9.59 Å². The lowest BCUT2D eigenvalue weighted by molar-refractivity contribution is -0.116. The maximum atomic E-state index is 13.1. The van der Waals surface area contributed by atoms with Crippen molar-refractivity contribution in [1.29, 1.82) is 0 Å². The molecular weight excluding hydrogens is 460 g/mol. The molecule has 4 nitrogen and oxygen atoms in total. The zero-order valence-corrected chi connectivity index (χ0v) is 19.8. The first-order chi connectivity index (χ1) is 15.6. The Morgan fingerprint density at radius 3 is 2.59 bits per heavy atom. The smallest absolute Gasteiger partial charge is 0.308 e. The summed E-state index contributed by atoms with van der Waals surface area (Å²) < 4.78 is 1.70. The SMILES string of the molecule is O=C(Cn1c2c(sc1=O)[C@@H](c1ccc(Cl)cc1)[C@H]1[C@H]3CC[C@H](C3)[C@H]1S2)Nc1ccccc1. The number of fused-ring (bicyclic) bond motifs is 6. The lowest BCUT2D eigenvalue weighted by atomic mass is 9.75. The minimum absolute atomic E-state index is 0.0444. The van der Waals surface area contributed by atoms with Crippen molar-refractivity contribution < 1.29 is 4.79 Å². The van der Waals surface area contributed by atoms with Gasteiger partial charge in [-0.05, 0) is 66.8 Å². The highest BCUT2D eigenvalue weighted by molar-refractivity contribution is 8.00. The monoisotopic (exact) mass is 482 g/mol. The quantitative estimate of drug-likeness (QED) is 0.507. The third-order valence-electron chi connectivity index (χ3n) is 7.28. The number of benzene rings is 2. The predicted molar refractivity (Wildman–Crippen MR) is 131 cm³/mol. The standard InChI is InChI=1S/C25H23ClN2O2S2/c26-17-10-8-14(9-11-17)20-21-15-6-7-16(12-15)22(21)31-24-23(20)32-25(30)28(24)13-19(29)27-18-4-2-1-3-5-18/h1-5,8-11,15-16,20-22H,6-7,12-13H2,(H,27,29)/t15-,16+,20-,21+,22+/m0/s1. The van der Waals surface area contributed by atoms with Crippen LogP contribution < -0.4 is 10.2 Å². The van der Waals surface area contributed by atoms with Crippen LogP contribution in [0.3, 0.4) is 0 Å². The highest BCUT2D eigenvalue weighted by atomic mass is 35.5. The molecule has 5 atom stereocenters. The highest BCUT2D eigenvalue weighted by Gasteiger charge is 2.55. The fraction of sp³-hybridized carbons (Fsp3) is 0.360. The normalized spacial score (nSPS) is 27.7. The summed E-state index contributed by atoms with van der Waals surface area (Å²) >= 11 is 9.36. The molecule has 2 fully saturated rings. The Balaban J connectivity index is 1.38. The van der Waals surface area contributed by atoms with Crippen LogP contribution in [0.1, 0.15) is 35.6 Å². The van der Waals surface area contributed by atoms with Crippen molar-refractivity contribution in [2.45, 2.75) is 42.0 Å². The van der Waals surface area contributed by atoms with E-state index < -0.39 is 0 Å². The van der Waals surface area contributed by atoms with E-state index in [2.05, 4.69) is 17.4 Å². The Hall–Kier alpha value is -2.02. The summed E-state index contributed by atoms with van der Waals surface area (Å²) in [6.45, 7) is 0.0470. The van der Waals surface area contributed by atoms with Gasteiger partial charge in [0.15, 0.2) is 0 Å². The lowest BCUT2D eigenvalue weighted by Crippen LogP contribution is -2.34. The van der Waals surface area contributed by atoms with E-state index in [1.807, 2.05) is 54.2 Å². The van der Waals surface area contributed by atoms with Gasteiger partial charge in [0.05, 0.1) is 5.03 Å². The summed E-state index contributed by atoms with van der Waals surface area (Å²) in [4.78, 5) is 26.9. The van der Waals surface area contributed by atoms with Crippen LogP contribution in [-0.4, -0.2) is 15.7 Å². The second-order valence-corrected chi connectivity index (χ2v) is 11.7. The first kappa shape index (κ1) is 20.6. The molecule has 3 aliphatic rings. The number of nitrogens with one attached hydrogen (secondary N) is 1. The molecule has 6 rings (SSSR count). The van der Waals surface area contributed by atoms with Gasteiger partial charge in [-0.15, -0.1) is 11.8 Å². The summed E-state index contributed by atoms with van der Waals surface area (Å²) in [5, 5.41) is 5.16. The number of aromatic nitrogens is 1. The molecule has 0 radical (unpaired) electrons. The molecule has 1 aromatic heterocycles. The fourth-order valence-electron chi connectivity index (χ4n) is 6.00. The lowest BCUT2D eigenvalue weighted by Gasteiger charge is -2.40. The van der Waals surface area contributed by atoms with Crippen molar-refractivity contribution in [3.05, 3.63) is 79.7 Å². The molecule has 0 unspecified atom stereocenters. The van der Waals surface area contributed by atoms with E-state index in [1.165, 1.54) is 36.2 Å². The molecule has 7 heteroatoms. The Kier molecular flexibility index (Phi) is 5.20. The summed E-state index contributed by atoms with van der Waals surface area (Å²) in [6, 6.07) is 17.5. The Morgan fingerprint density at radius 2 is 1.81 bits per heavy atom. The Morgan fingerprint density at radius 1 is 1.06 bits per heavy atom. The van der Waals surface area contributed by atoms with Crippen molar-refractivity contribution in [2.75, 3.05) is 5.32 Å². The van der Waals surface area contributed by atoms with Crippen LogP contribution in [0.2, 0.25) is 5.02 Å². The molecule has 2 bridgehead atoms. The second-order valence-electron chi connectivity index (χ2n) is 9.06. The van der Waals surface area contributed by atoms with E-state index in [1.54, 1.807) is 4.57 Å². The number of amides is 1. The number of nitrogens with zero attached hydrogens (tertiary/aromatic N) is 1. The molecule has 2 heterocycles. The summed E-state index contributed by atoms with van der Waals surface area (Å²) in [5.41, 5.74) is 1.98. The van der Waals surface area contributed by atoms with Crippen molar-refractivity contribution in [3.63, 3.8) is 0 Å². The van der Waals surface area contributed by atoms with Gasteiger partial charge >= 0.3 is 4.87 Å². The molecule has 0 spiro atoms. The van der Waals surface area contributed by atoms with Gasteiger partial charge < -0.3 is 5.32 Å². The first-order valence-corrected chi connectivity index (χ1v) is 13.2. The summed E-state index contributed by atoms with van der Waals surface area (Å²) in [5.74, 6) is 2.02. The molecule has 2 aromatic carbocycles. The molecule has 3 aromatic rings. The van der Waals surface area contributed by atoms with Crippen LogP contribution in [0.15, 0.2) is 64.4 Å². The van der Waals surface area contributed by atoms with Crippen LogP contribution in [-0.2, 0) is 11.3 Å². The third kappa shape index (κ3) is 3.44. The predicted octanol–water partition coefficient (Wildman–Crippen LogP) is 5.85. The van der Waals surface area contributed by atoms with Crippen molar-refractivity contribution in [1.82, 2.24) is 4.57 Å². The zero-order chi connectivity index (χ0) is 21.8. The summed E-state index contributed by atoms with van der Waals surface area (Å²) in [6.07, 6.45) is 3.87. The van der Waals surface area contributed by atoms with E-state index in [4.69, 9.17) is 11.6 Å². The first-order valence-electron chi connectivity index (χ1n) is 11.1. The van der Waals surface area contributed by atoms with Gasteiger partial charge in [-0.1, -0.05) is 53.3 Å². The second kappa shape index (κ2) is 8.08. The average Bonchev–Trinajstić information content (AvgIpc) is 3.48. The number of hydrogen-bond donors (Lipinski definition) is 1. The molecule has 1 N–H and O–H groups in total. The number of para-hydroxylation sites is 1. The number of thioether (sulfide) groups is 1. The van der Waals surface area contributed by atoms with Crippen LogP contribution in [0, 0.1) is 17.8 Å².